The second-order valence-electron chi connectivity index (χ2n) is 6.92. The maximum absolute atomic E-state index is 12.9. The lowest BCUT2D eigenvalue weighted by molar-refractivity contribution is -0.131. The van der Waals surface area contributed by atoms with E-state index >= 15 is 0 Å². The van der Waals surface area contributed by atoms with Crippen LogP contribution in [0.5, 0.6) is 0 Å². The number of piperidine rings is 1. The highest BCUT2D eigenvalue weighted by Crippen LogP contribution is 2.18. The van der Waals surface area contributed by atoms with Crippen LogP contribution in [0.1, 0.15) is 18.4 Å². The summed E-state index contributed by atoms with van der Waals surface area (Å²) in [5.41, 5.74) is 6.13. The molecule has 1 saturated heterocycles. The van der Waals surface area contributed by atoms with E-state index in [9.17, 15) is 18.8 Å². The molecule has 1 aliphatic rings. The largest absolute Gasteiger partial charge is 0.324 e. The van der Waals surface area contributed by atoms with Crippen LogP contribution >= 0.6 is 0 Å². The van der Waals surface area contributed by atoms with Gasteiger partial charge in [0.2, 0.25) is 11.8 Å². The first kappa shape index (κ1) is 20.3. The molecule has 0 unspecified atom stereocenters. The number of nitrogens with one attached hydrogen (secondary N) is 3. The number of likely N-dealkylation sites (tertiary alicyclic amines) is 1. The lowest BCUT2D eigenvalue weighted by Gasteiger charge is -2.32. The molecule has 29 heavy (non-hydrogen) atoms. The Balaban J connectivity index is 1.45. The Morgan fingerprint density at radius 3 is 2.45 bits per heavy atom. The SMILES string of the molecule is O=C(Cc1ccc(F)cc1)NNC(=O)[C@H]1CCCN(C(=O)Nc2ccccc2)C1. The van der Waals surface area contributed by atoms with E-state index in [0.717, 1.165) is 0 Å². The standard InChI is InChI=1S/C21H23FN4O3/c22-17-10-8-15(9-11-17)13-19(27)24-25-20(28)16-5-4-12-26(14-16)21(29)23-18-6-2-1-3-7-18/h1-3,6-11,16H,4-5,12-14H2,(H,23,29)(H,24,27)(H,25,28)/t16-/m0/s1. The highest BCUT2D eigenvalue weighted by Gasteiger charge is 2.28. The predicted octanol–water partition coefficient (Wildman–Crippen LogP) is 2.46. The molecule has 2 aromatic rings. The smallest absolute Gasteiger partial charge is 0.321 e. The van der Waals surface area contributed by atoms with Crippen molar-refractivity contribution in [3.63, 3.8) is 0 Å². The minimum atomic E-state index is -0.406. The predicted molar refractivity (Wildman–Crippen MR) is 106 cm³/mol. The van der Waals surface area contributed by atoms with Crippen LogP contribution in [-0.4, -0.2) is 35.8 Å². The van der Waals surface area contributed by atoms with Crippen molar-refractivity contribution in [2.45, 2.75) is 19.3 Å². The fraction of sp³-hybridized carbons (Fsp3) is 0.286. The van der Waals surface area contributed by atoms with Gasteiger partial charge in [-0.2, -0.15) is 0 Å². The average Bonchev–Trinajstić information content (AvgIpc) is 2.74. The zero-order chi connectivity index (χ0) is 20.6. The van der Waals surface area contributed by atoms with Crippen LogP contribution in [0.4, 0.5) is 14.9 Å². The van der Waals surface area contributed by atoms with E-state index in [2.05, 4.69) is 16.2 Å². The first-order chi connectivity index (χ1) is 14.0. The van der Waals surface area contributed by atoms with Crippen LogP contribution < -0.4 is 16.2 Å². The van der Waals surface area contributed by atoms with Gasteiger partial charge in [-0.1, -0.05) is 30.3 Å². The molecule has 8 heteroatoms. The molecule has 1 atom stereocenters. The third-order valence-corrected chi connectivity index (χ3v) is 4.71. The number of anilines is 1. The van der Waals surface area contributed by atoms with Crippen molar-refractivity contribution in [1.82, 2.24) is 15.8 Å². The first-order valence-corrected chi connectivity index (χ1v) is 9.45. The van der Waals surface area contributed by atoms with Crippen LogP contribution in [-0.2, 0) is 16.0 Å². The third-order valence-electron chi connectivity index (χ3n) is 4.71. The molecule has 2 aromatic carbocycles. The first-order valence-electron chi connectivity index (χ1n) is 9.45. The highest BCUT2D eigenvalue weighted by molar-refractivity contribution is 5.90. The Kier molecular flexibility index (Phi) is 6.78. The minimum Gasteiger partial charge on any atom is -0.324 e. The van der Waals surface area contributed by atoms with Crippen molar-refractivity contribution < 1.29 is 18.8 Å². The van der Waals surface area contributed by atoms with Gasteiger partial charge in [-0.25, -0.2) is 9.18 Å². The fourth-order valence-electron chi connectivity index (χ4n) is 3.16. The van der Waals surface area contributed by atoms with Gasteiger partial charge in [0.05, 0.1) is 12.3 Å². The molecular formula is C21H23FN4O3. The van der Waals surface area contributed by atoms with E-state index in [0.29, 0.717) is 30.6 Å². The Morgan fingerprint density at radius 1 is 1.00 bits per heavy atom. The van der Waals surface area contributed by atoms with Crippen LogP contribution in [0.25, 0.3) is 0 Å². The third kappa shape index (κ3) is 6.03. The molecule has 1 aliphatic heterocycles. The number of hydrogen-bond acceptors (Lipinski definition) is 3. The summed E-state index contributed by atoms with van der Waals surface area (Å²) in [5.74, 6) is -1.52. The lowest BCUT2D eigenvalue weighted by Crippen LogP contribution is -2.51. The van der Waals surface area contributed by atoms with E-state index in [1.54, 1.807) is 17.0 Å². The summed E-state index contributed by atoms with van der Waals surface area (Å²) in [4.78, 5) is 38.4. The number of benzene rings is 2. The molecule has 0 spiro atoms. The van der Waals surface area contributed by atoms with Crippen molar-refractivity contribution in [3.05, 3.63) is 66.0 Å². The lowest BCUT2D eigenvalue weighted by atomic mass is 9.98. The van der Waals surface area contributed by atoms with Crippen molar-refractivity contribution in [1.29, 1.82) is 0 Å². The summed E-state index contributed by atoms with van der Waals surface area (Å²) in [5, 5.41) is 2.81. The highest BCUT2D eigenvalue weighted by atomic mass is 19.1. The van der Waals surface area contributed by atoms with Gasteiger partial charge in [0.1, 0.15) is 5.82 Å². The molecule has 1 fully saturated rings. The quantitative estimate of drug-likeness (QED) is 0.691. The van der Waals surface area contributed by atoms with Crippen molar-refractivity contribution in [2.75, 3.05) is 18.4 Å². The van der Waals surface area contributed by atoms with E-state index in [-0.39, 0.29) is 30.7 Å². The number of para-hydroxylation sites is 1. The molecule has 4 amide bonds. The number of hydrazine groups is 1. The van der Waals surface area contributed by atoms with Gasteiger partial charge < -0.3 is 10.2 Å². The Hall–Kier alpha value is -3.42. The van der Waals surface area contributed by atoms with E-state index in [1.807, 2.05) is 18.2 Å². The molecule has 3 N–H and O–H groups in total. The van der Waals surface area contributed by atoms with Crippen molar-refractivity contribution in [2.24, 2.45) is 5.92 Å². The average molecular weight is 398 g/mol. The molecule has 152 valence electrons. The fourth-order valence-corrected chi connectivity index (χ4v) is 3.16. The molecule has 0 bridgehead atoms. The van der Waals surface area contributed by atoms with Crippen molar-refractivity contribution in [3.8, 4) is 0 Å². The molecule has 0 aromatic heterocycles. The van der Waals surface area contributed by atoms with Crippen LogP contribution in [0.2, 0.25) is 0 Å². The molecule has 0 radical (unpaired) electrons. The number of rotatable bonds is 4. The summed E-state index contributed by atoms with van der Waals surface area (Å²) < 4.78 is 12.9. The van der Waals surface area contributed by atoms with Gasteiger partial charge in [0, 0.05) is 18.8 Å². The molecule has 1 heterocycles. The minimum absolute atomic E-state index is 0.0246. The summed E-state index contributed by atoms with van der Waals surface area (Å²) in [6.45, 7) is 0.845. The monoisotopic (exact) mass is 398 g/mol. The molecule has 3 rings (SSSR count). The Labute approximate surface area is 168 Å². The van der Waals surface area contributed by atoms with E-state index < -0.39 is 11.8 Å². The van der Waals surface area contributed by atoms with Crippen LogP contribution in [0.15, 0.2) is 54.6 Å². The van der Waals surface area contributed by atoms with Crippen LogP contribution in [0, 0.1) is 11.7 Å². The van der Waals surface area contributed by atoms with Crippen LogP contribution in [0.3, 0.4) is 0 Å². The van der Waals surface area contributed by atoms with Gasteiger partial charge in [0.25, 0.3) is 0 Å². The number of halogens is 1. The zero-order valence-corrected chi connectivity index (χ0v) is 15.9. The van der Waals surface area contributed by atoms with E-state index in [1.165, 1.54) is 24.3 Å². The maximum atomic E-state index is 12.9. The second-order valence-corrected chi connectivity index (χ2v) is 6.92. The van der Waals surface area contributed by atoms with Gasteiger partial charge in [-0.05, 0) is 42.7 Å². The molecule has 0 aliphatic carbocycles. The van der Waals surface area contributed by atoms with E-state index in [4.69, 9.17) is 0 Å². The van der Waals surface area contributed by atoms with Gasteiger partial charge in [-0.15, -0.1) is 0 Å². The normalized spacial score (nSPS) is 16.0. The summed E-state index contributed by atoms with van der Waals surface area (Å²) in [7, 11) is 0. The number of urea groups is 1. The zero-order valence-electron chi connectivity index (χ0n) is 15.9. The number of carbonyl (C=O) groups excluding carboxylic acids is 3. The summed E-state index contributed by atoms with van der Waals surface area (Å²) >= 11 is 0. The Bertz CT molecular complexity index is 858. The Morgan fingerprint density at radius 2 is 1.72 bits per heavy atom. The van der Waals surface area contributed by atoms with Gasteiger partial charge in [0.15, 0.2) is 0 Å². The number of amides is 4. The summed E-state index contributed by atoms with van der Waals surface area (Å²) in [6.07, 6.45) is 1.36. The summed E-state index contributed by atoms with van der Waals surface area (Å²) in [6, 6.07) is 14.4. The molecule has 0 saturated carbocycles. The van der Waals surface area contributed by atoms with Gasteiger partial charge >= 0.3 is 6.03 Å². The number of carbonyl (C=O) groups is 3. The van der Waals surface area contributed by atoms with Crippen molar-refractivity contribution >= 4 is 23.5 Å². The second kappa shape index (κ2) is 9.68. The maximum Gasteiger partial charge on any atom is 0.321 e. The number of nitrogens with zero attached hydrogens (tertiary/aromatic N) is 1. The van der Waals surface area contributed by atoms with Gasteiger partial charge in [-0.3, -0.25) is 20.4 Å². The number of hydrogen-bond donors (Lipinski definition) is 3. The molecule has 7 nitrogen and oxygen atoms in total. The topological polar surface area (TPSA) is 90.5 Å². The molecular weight excluding hydrogens is 375 g/mol.